The molecule has 140 valence electrons. The molecule has 0 bridgehead atoms. The van der Waals surface area contributed by atoms with Crippen LogP contribution in [0.2, 0.25) is 0 Å². The zero-order chi connectivity index (χ0) is 17.1. The Morgan fingerprint density at radius 1 is 1.12 bits per heavy atom. The molecular weight excluding hydrogens is 443 g/mol. The van der Waals surface area contributed by atoms with E-state index in [2.05, 4.69) is 10.3 Å². The smallest absolute Gasteiger partial charge is 0.241 e. The molecule has 0 atom stereocenters. The van der Waals surface area contributed by atoms with Crippen molar-refractivity contribution >= 4 is 45.7 Å². The van der Waals surface area contributed by atoms with Gasteiger partial charge in [0.1, 0.15) is 0 Å². The number of sulfone groups is 1. The van der Waals surface area contributed by atoms with E-state index in [-0.39, 0.29) is 42.2 Å². The second-order valence-corrected chi connectivity index (χ2v) is 9.59. The van der Waals surface area contributed by atoms with E-state index < -0.39 is 14.6 Å². The lowest BCUT2D eigenvalue weighted by Crippen LogP contribution is -2.58. The van der Waals surface area contributed by atoms with Crippen LogP contribution in [0.1, 0.15) is 33.1 Å². The average molecular weight is 472 g/mol. The number of amides is 1. The fourth-order valence-corrected chi connectivity index (χ4v) is 4.43. The lowest BCUT2D eigenvalue weighted by molar-refractivity contribution is -0.130. The summed E-state index contributed by atoms with van der Waals surface area (Å²) in [5, 5.41) is 3.09. The minimum Gasteiger partial charge on any atom is -0.347 e. The number of piperidine rings is 1. The van der Waals surface area contributed by atoms with E-state index in [1.807, 2.05) is 9.80 Å². The largest absolute Gasteiger partial charge is 0.347 e. The van der Waals surface area contributed by atoms with Crippen molar-refractivity contribution in [3.8, 4) is 0 Å². The Bertz CT molecular complexity index is 571. The third-order valence-corrected chi connectivity index (χ3v) is 7.19. The predicted molar refractivity (Wildman–Crippen MR) is 107 cm³/mol. The summed E-state index contributed by atoms with van der Waals surface area (Å²) in [4.78, 5) is 20.2. The van der Waals surface area contributed by atoms with Crippen LogP contribution in [0.25, 0.3) is 0 Å². The van der Waals surface area contributed by atoms with E-state index in [4.69, 9.17) is 0 Å². The fraction of sp³-hybridized carbons (Fsp3) is 0.867. The summed E-state index contributed by atoms with van der Waals surface area (Å²) in [6.07, 6.45) is 3.33. The Kier molecular flexibility index (Phi) is 7.76. The zero-order valence-electron chi connectivity index (χ0n) is 14.7. The first-order chi connectivity index (χ1) is 10.8. The number of rotatable bonds is 2. The monoisotopic (exact) mass is 472 g/mol. The molecule has 7 nitrogen and oxygen atoms in total. The molecule has 2 fully saturated rings. The highest BCUT2D eigenvalue weighted by atomic mass is 127. The van der Waals surface area contributed by atoms with Crippen LogP contribution < -0.4 is 5.32 Å². The molecule has 0 aromatic carbocycles. The zero-order valence-corrected chi connectivity index (χ0v) is 17.9. The minimum absolute atomic E-state index is 0. The minimum atomic E-state index is -3.08. The van der Waals surface area contributed by atoms with E-state index in [1.54, 1.807) is 20.9 Å². The Morgan fingerprint density at radius 3 is 2.29 bits per heavy atom. The van der Waals surface area contributed by atoms with E-state index in [0.717, 1.165) is 25.9 Å². The molecule has 0 aliphatic carbocycles. The molecule has 2 aliphatic heterocycles. The number of guanidine groups is 1. The Hall–Kier alpha value is -0.580. The van der Waals surface area contributed by atoms with Gasteiger partial charge in [-0.3, -0.25) is 9.79 Å². The maximum Gasteiger partial charge on any atom is 0.241 e. The van der Waals surface area contributed by atoms with Crippen LogP contribution in [-0.2, 0) is 14.6 Å². The third kappa shape index (κ3) is 4.96. The molecule has 24 heavy (non-hydrogen) atoms. The van der Waals surface area contributed by atoms with Crippen molar-refractivity contribution in [1.29, 1.82) is 0 Å². The molecule has 2 heterocycles. The van der Waals surface area contributed by atoms with Crippen molar-refractivity contribution in [2.75, 3.05) is 45.5 Å². The summed E-state index contributed by atoms with van der Waals surface area (Å²) in [7, 11) is -1.43. The molecule has 2 aliphatic rings. The number of aliphatic imine (C=N–C) groups is 1. The molecule has 0 radical (unpaired) electrons. The van der Waals surface area contributed by atoms with Crippen LogP contribution in [0, 0.1) is 0 Å². The maximum atomic E-state index is 12.2. The standard InChI is InChI=1S/C15H28N4O3S.HI/c1-15(2)12-19(9-10-23(15,21)22)14(16-3)17-11-13(20)18-7-5-4-6-8-18;/h4-12H2,1-3H3,(H,16,17);1H. The SMILES string of the molecule is CN=C(NCC(=O)N1CCCCC1)N1CCS(=O)(=O)C(C)(C)C1.I. The van der Waals surface area contributed by atoms with Gasteiger partial charge in [0, 0.05) is 33.2 Å². The number of hydrogen-bond acceptors (Lipinski definition) is 4. The number of nitrogens with one attached hydrogen (secondary N) is 1. The van der Waals surface area contributed by atoms with Gasteiger partial charge in [-0.1, -0.05) is 0 Å². The first kappa shape index (κ1) is 21.5. The quantitative estimate of drug-likeness (QED) is 0.364. The van der Waals surface area contributed by atoms with Gasteiger partial charge in [-0.2, -0.15) is 0 Å². The lowest BCUT2D eigenvalue weighted by Gasteiger charge is -2.39. The molecule has 0 aromatic rings. The molecule has 9 heteroatoms. The fourth-order valence-electron chi connectivity index (χ4n) is 3.07. The van der Waals surface area contributed by atoms with Crippen LogP contribution in [-0.4, -0.2) is 80.4 Å². The maximum absolute atomic E-state index is 12.2. The summed E-state index contributed by atoms with van der Waals surface area (Å²) < 4.78 is 23.4. The van der Waals surface area contributed by atoms with Gasteiger partial charge in [0.05, 0.1) is 17.0 Å². The highest BCUT2D eigenvalue weighted by Gasteiger charge is 2.41. The number of carbonyl (C=O) groups is 1. The number of carbonyl (C=O) groups excluding carboxylic acids is 1. The molecule has 0 saturated carbocycles. The first-order valence-corrected chi connectivity index (χ1v) is 9.88. The number of nitrogens with zero attached hydrogens (tertiary/aromatic N) is 3. The molecule has 1 N–H and O–H groups in total. The molecular formula is C15H29IN4O3S. The average Bonchev–Trinajstić information content (AvgIpc) is 2.52. The van der Waals surface area contributed by atoms with Gasteiger partial charge in [-0.15, -0.1) is 24.0 Å². The first-order valence-electron chi connectivity index (χ1n) is 8.22. The van der Waals surface area contributed by atoms with Crippen LogP contribution in [0.3, 0.4) is 0 Å². The highest BCUT2D eigenvalue weighted by molar-refractivity contribution is 14.0. The molecule has 0 aromatic heterocycles. The second kappa shape index (κ2) is 8.68. The Labute approximate surface area is 162 Å². The number of likely N-dealkylation sites (tertiary alicyclic amines) is 1. The Balaban J connectivity index is 0.00000288. The second-order valence-electron chi connectivity index (χ2n) is 6.84. The topological polar surface area (TPSA) is 82.1 Å². The van der Waals surface area contributed by atoms with Crippen molar-refractivity contribution < 1.29 is 13.2 Å². The Morgan fingerprint density at radius 2 is 1.75 bits per heavy atom. The van der Waals surface area contributed by atoms with Crippen molar-refractivity contribution in [3.05, 3.63) is 0 Å². The number of hydrogen-bond donors (Lipinski definition) is 1. The van der Waals surface area contributed by atoms with Crippen LogP contribution in [0.4, 0.5) is 0 Å². The van der Waals surface area contributed by atoms with Crippen molar-refractivity contribution in [3.63, 3.8) is 0 Å². The van der Waals surface area contributed by atoms with Gasteiger partial charge in [-0.05, 0) is 33.1 Å². The number of halogens is 1. The van der Waals surface area contributed by atoms with Crippen LogP contribution in [0.5, 0.6) is 0 Å². The molecule has 0 spiro atoms. The normalized spacial score (nSPS) is 23.4. The van der Waals surface area contributed by atoms with Gasteiger partial charge in [0.2, 0.25) is 5.91 Å². The summed E-state index contributed by atoms with van der Waals surface area (Å²) >= 11 is 0. The van der Waals surface area contributed by atoms with Crippen LogP contribution >= 0.6 is 24.0 Å². The van der Waals surface area contributed by atoms with Gasteiger partial charge < -0.3 is 15.1 Å². The van der Waals surface area contributed by atoms with Crippen molar-refractivity contribution in [2.45, 2.75) is 37.9 Å². The van der Waals surface area contributed by atoms with E-state index >= 15 is 0 Å². The predicted octanol–water partition coefficient (Wildman–Crippen LogP) is 0.701. The van der Waals surface area contributed by atoms with E-state index in [0.29, 0.717) is 19.0 Å². The summed E-state index contributed by atoms with van der Waals surface area (Å²) in [6.45, 7) is 6.12. The van der Waals surface area contributed by atoms with Crippen molar-refractivity contribution in [1.82, 2.24) is 15.1 Å². The van der Waals surface area contributed by atoms with Crippen LogP contribution in [0.15, 0.2) is 4.99 Å². The van der Waals surface area contributed by atoms with E-state index in [9.17, 15) is 13.2 Å². The van der Waals surface area contributed by atoms with Gasteiger partial charge in [0.25, 0.3) is 0 Å². The third-order valence-electron chi connectivity index (χ3n) is 4.66. The van der Waals surface area contributed by atoms with E-state index in [1.165, 1.54) is 6.42 Å². The summed E-state index contributed by atoms with van der Waals surface area (Å²) in [6, 6.07) is 0. The van der Waals surface area contributed by atoms with Gasteiger partial charge >= 0.3 is 0 Å². The highest BCUT2D eigenvalue weighted by Crippen LogP contribution is 2.23. The molecule has 1 amide bonds. The molecule has 2 rings (SSSR count). The summed E-state index contributed by atoms with van der Waals surface area (Å²) in [5.41, 5.74) is 0. The lowest BCUT2D eigenvalue weighted by atomic mass is 10.1. The summed E-state index contributed by atoms with van der Waals surface area (Å²) in [5.74, 6) is 0.786. The molecule has 2 saturated heterocycles. The molecule has 0 unspecified atom stereocenters. The van der Waals surface area contributed by atoms with Gasteiger partial charge in [0.15, 0.2) is 15.8 Å². The van der Waals surface area contributed by atoms with Crippen molar-refractivity contribution in [2.24, 2.45) is 4.99 Å². The van der Waals surface area contributed by atoms with Gasteiger partial charge in [-0.25, -0.2) is 8.42 Å².